The molecule has 3 rings (SSSR count). The van der Waals surface area contributed by atoms with E-state index in [4.69, 9.17) is 4.74 Å². The summed E-state index contributed by atoms with van der Waals surface area (Å²) in [7, 11) is 2.79. The minimum absolute atomic E-state index is 0.00613. The molecule has 28 heavy (non-hydrogen) atoms. The molecule has 2 unspecified atom stereocenters. The third kappa shape index (κ3) is 4.97. The third-order valence-electron chi connectivity index (χ3n) is 5.54. The fourth-order valence-corrected chi connectivity index (χ4v) is 5.76. The lowest BCUT2D eigenvalue weighted by atomic mass is 10.1. The molecule has 2 saturated heterocycles. The molecule has 0 saturated carbocycles. The van der Waals surface area contributed by atoms with Crippen LogP contribution in [0.15, 0.2) is 24.3 Å². The number of carbonyl (C=O) groups is 1. The quantitative estimate of drug-likeness (QED) is 0.678. The van der Waals surface area contributed by atoms with Crippen molar-refractivity contribution >= 4 is 27.1 Å². The van der Waals surface area contributed by atoms with E-state index in [2.05, 4.69) is 0 Å². The summed E-state index contributed by atoms with van der Waals surface area (Å²) in [6.07, 6.45) is 2.43. The van der Waals surface area contributed by atoms with Gasteiger partial charge in [0.1, 0.15) is 0 Å². The molecule has 0 spiro atoms. The summed E-state index contributed by atoms with van der Waals surface area (Å²) in [6.45, 7) is 1.39. The van der Waals surface area contributed by atoms with Gasteiger partial charge in [0.05, 0.1) is 35.5 Å². The van der Waals surface area contributed by atoms with E-state index in [0.717, 1.165) is 24.2 Å². The molecule has 2 aliphatic rings. The number of para-hydroxylation sites is 2. The number of amides is 1. The van der Waals surface area contributed by atoms with Crippen LogP contribution in [0.3, 0.4) is 0 Å². The van der Waals surface area contributed by atoms with Gasteiger partial charge >= 0.3 is 0 Å². The van der Waals surface area contributed by atoms with Crippen molar-refractivity contribution in [3.8, 4) is 0 Å². The van der Waals surface area contributed by atoms with Crippen LogP contribution in [0.2, 0.25) is 0 Å². The van der Waals surface area contributed by atoms with Gasteiger partial charge in [0.25, 0.3) is 0 Å². The Bertz CT molecular complexity index is 790. The van der Waals surface area contributed by atoms with Crippen LogP contribution in [0.4, 0.5) is 11.4 Å². The zero-order chi connectivity index (χ0) is 20.3. The van der Waals surface area contributed by atoms with Gasteiger partial charge in [-0.25, -0.2) is 8.42 Å². The predicted octanol–water partition coefficient (Wildman–Crippen LogP) is 1.38. The molecule has 2 fully saturated rings. The van der Waals surface area contributed by atoms with Gasteiger partial charge in [0.15, 0.2) is 9.84 Å². The van der Waals surface area contributed by atoms with Gasteiger partial charge in [-0.1, -0.05) is 12.1 Å². The number of hydrogen-bond acceptors (Lipinski definition) is 6. The Morgan fingerprint density at radius 3 is 2.43 bits per heavy atom. The Morgan fingerprint density at radius 2 is 1.86 bits per heavy atom. The topological polar surface area (TPSA) is 70.2 Å². The van der Waals surface area contributed by atoms with E-state index in [1.165, 1.54) is 0 Å². The highest BCUT2D eigenvalue weighted by Crippen LogP contribution is 2.27. The van der Waals surface area contributed by atoms with Crippen LogP contribution >= 0.6 is 0 Å². The molecule has 1 aromatic carbocycles. The van der Waals surface area contributed by atoms with Crippen LogP contribution in [0, 0.1) is 0 Å². The fraction of sp³-hybridized carbons (Fsp3) is 0.650. The van der Waals surface area contributed by atoms with Crippen molar-refractivity contribution in [2.24, 2.45) is 0 Å². The van der Waals surface area contributed by atoms with E-state index in [-0.39, 0.29) is 36.1 Å². The average Bonchev–Trinajstić information content (AvgIpc) is 3.28. The maximum absolute atomic E-state index is 13.2. The monoisotopic (exact) mass is 409 g/mol. The number of nitrogens with zero attached hydrogens (tertiary/aromatic N) is 3. The molecule has 7 nitrogen and oxygen atoms in total. The van der Waals surface area contributed by atoms with Crippen molar-refractivity contribution in [2.45, 2.75) is 31.4 Å². The first-order valence-electron chi connectivity index (χ1n) is 9.86. The summed E-state index contributed by atoms with van der Waals surface area (Å²) in [6, 6.07) is 7.69. The molecule has 8 heteroatoms. The Balaban J connectivity index is 1.75. The largest absolute Gasteiger partial charge is 0.376 e. The molecule has 2 atom stereocenters. The van der Waals surface area contributed by atoms with Crippen molar-refractivity contribution in [1.29, 1.82) is 0 Å². The molecular formula is C20H31N3O4S. The van der Waals surface area contributed by atoms with E-state index in [1.54, 1.807) is 4.90 Å². The molecule has 1 aromatic rings. The van der Waals surface area contributed by atoms with Gasteiger partial charge in [0, 0.05) is 40.3 Å². The second-order valence-corrected chi connectivity index (χ2v) is 10.2. The Kier molecular flexibility index (Phi) is 6.50. The first kappa shape index (κ1) is 20.9. The van der Waals surface area contributed by atoms with Crippen LogP contribution in [0.5, 0.6) is 0 Å². The number of rotatable bonds is 7. The summed E-state index contributed by atoms with van der Waals surface area (Å²) >= 11 is 0. The van der Waals surface area contributed by atoms with E-state index in [1.807, 2.05) is 55.2 Å². The van der Waals surface area contributed by atoms with Gasteiger partial charge in [-0.3, -0.25) is 4.79 Å². The zero-order valence-electron chi connectivity index (χ0n) is 17.0. The third-order valence-corrected chi connectivity index (χ3v) is 7.29. The smallest absolute Gasteiger partial charge is 0.242 e. The van der Waals surface area contributed by atoms with Gasteiger partial charge < -0.3 is 19.4 Å². The molecular weight excluding hydrogens is 378 g/mol. The summed E-state index contributed by atoms with van der Waals surface area (Å²) in [5.41, 5.74) is 2.00. The molecule has 0 N–H and O–H groups in total. The van der Waals surface area contributed by atoms with E-state index in [9.17, 15) is 13.2 Å². The van der Waals surface area contributed by atoms with Crippen molar-refractivity contribution in [1.82, 2.24) is 4.90 Å². The Morgan fingerprint density at radius 1 is 1.14 bits per heavy atom. The summed E-state index contributed by atoms with van der Waals surface area (Å²) < 4.78 is 29.7. The van der Waals surface area contributed by atoms with Crippen molar-refractivity contribution in [3.63, 3.8) is 0 Å². The van der Waals surface area contributed by atoms with Gasteiger partial charge in [0.2, 0.25) is 5.91 Å². The lowest BCUT2D eigenvalue weighted by Gasteiger charge is -2.33. The minimum atomic E-state index is -3.06. The van der Waals surface area contributed by atoms with Crippen molar-refractivity contribution < 1.29 is 17.9 Å². The fourth-order valence-electron chi connectivity index (χ4n) is 4.03. The second-order valence-electron chi connectivity index (χ2n) is 7.98. The molecule has 0 bridgehead atoms. The van der Waals surface area contributed by atoms with Crippen LogP contribution < -0.4 is 9.80 Å². The van der Waals surface area contributed by atoms with Gasteiger partial charge in [-0.05, 0) is 31.4 Å². The number of ether oxygens (including phenoxy) is 1. The SMILES string of the molecule is CN(C)c1ccccc1N(C)CC(=O)N(CC1CCCO1)C1CCS(=O)(=O)C1. The average molecular weight is 410 g/mol. The number of likely N-dealkylation sites (N-methyl/N-ethyl adjacent to an activating group) is 1. The zero-order valence-corrected chi connectivity index (χ0v) is 17.8. The first-order chi connectivity index (χ1) is 13.3. The number of carbonyl (C=O) groups excluding carboxylic acids is 1. The number of sulfone groups is 1. The highest BCUT2D eigenvalue weighted by molar-refractivity contribution is 7.91. The normalized spacial score (nSPS) is 23.5. The molecule has 2 aliphatic heterocycles. The Hall–Kier alpha value is -1.80. The van der Waals surface area contributed by atoms with Crippen LogP contribution in [-0.2, 0) is 19.4 Å². The molecule has 0 radical (unpaired) electrons. The molecule has 1 amide bonds. The van der Waals surface area contributed by atoms with Gasteiger partial charge in [-0.15, -0.1) is 0 Å². The highest BCUT2D eigenvalue weighted by Gasteiger charge is 2.36. The number of benzene rings is 1. The Labute approximate surface area is 168 Å². The first-order valence-corrected chi connectivity index (χ1v) is 11.7. The van der Waals surface area contributed by atoms with E-state index in [0.29, 0.717) is 19.6 Å². The number of anilines is 2. The van der Waals surface area contributed by atoms with Crippen LogP contribution in [0.25, 0.3) is 0 Å². The maximum Gasteiger partial charge on any atom is 0.242 e. The molecule has 0 aliphatic carbocycles. The molecule has 0 aromatic heterocycles. The summed E-state index contributed by atoms with van der Waals surface area (Å²) in [4.78, 5) is 18.9. The second kappa shape index (κ2) is 8.69. The van der Waals surface area contributed by atoms with Crippen molar-refractivity contribution in [3.05, 3.63) is 24.3 Å². The van der Waals surface area contributed by atoms with Crippen LogP contribution in [0.1, 0.15) is 19.3 Å². The maximum atomic E-state index is 13.2. The summed E-state index contributed by atoms with van der Waals surface area (Å²) in [5, 5.41) is 0. The highest BCUT2D eigenvalue weighted by atomic mass is 32.2. The molecule has 2 heterocycles. The molecule has 156 valence electrons. The predicted molar refractivity (Wildman–Crippen MR) is 112 cm³/mol. The standard InChI is InChI=1S/C20H31N3O4S/c1-21(2)18-8-4-5-9-19(18)22(3)14-20(24)23(13-17-7-6-11-27-17)16-10-12-28(25,26)15-16/h4-5,8-9,16-17H,6-7,10-15H2,1-3H3. The minimum Gasteiger partial charge on any atom is -0.376 e. The van der Waals surface area contributed by atoms with Crippen molar-refractivity contribution in [2.75, 3.05) is 62.1 Å². The summed E-state index contributed by atoms with van der Waals surface area (Å²) in [5.74, 6) is 0.170. The lowest BCUT2D eigenvalue weighted by molar-refractivity contribution is -0.133. The van der Waals surface area contributed by atoms with Gasteiger partial charge in [-0.2, -0.15) is 0 Å². The number of hydrogen-bond donors (Lipinski definition) is 0. The van der Waals surface area contributed by atoms with Crippen LogP contribution in [-0.4, -0.2) is 83.7 Å². The van der Waals surface area contributed by atoms with E-state index >= 15 is 0 Å². The van der Waals surface area contributed by atoms with E-state index < -0.39 is 9.84 Å². The lowest BCUT2D eigenvalue weighted by Crippen LogP contribution is -2.48.